The highest BCUT2D eigenvalue weighted by Crippen LogP contribution is 2.28. The molecule has 0 aliphatic rings. The van der Waals surface area contributed by atoms with Gasteiger partial charge in [-0.1, -0.05) is 47.5 Å². The number of amides is 1. The summed E-state index contributed by atoms with van der Waals surface area (Å²) < 4.78 is 5.79. The fourth-order valence-electron chi connectivity index (χ4n) is 2.73. The summed E-state index contributed by atoms with van der Waals surface area (Å²) in [5.41, 5.74) is 3.60. The molecule has 2 heterocycles. The lowest BCUT2D eigenvalue weighted by molar-refractivity contribution is -0.111. The zero-order chi connectivity index (χ0) is 21.1. The van der Waals surface area contributed by atoms with Crippen LogP contribution in [0.2, 0.25) is 10.0 Å². The zero-order valence-corrected chi connectivity index (χ0v) is 18.2. The van der Waals surface area contributed by atoms with Crippen LogP contribution < -0.4 is 5.32 Å². The maximum absolute atomic E-state index is 12.2. The largest absolute Gasteiger partial charge is 0.457 e. The number of nitrogens with one attached hydrogen (secondary N) is 1. The van der Waals surface area contributed by atoms with Gasteiger partial charge in [0, 0.05) is 32.6 Å². The molecule has 4 aromatic rings. The molecule has 0 unspecified atom stereocenters. The van der Waals surface area contributed by atoms with Crippen molar-refractivity contribution in [2.24, 2.45) is 0 Å². The van der Waals surface area contributed by atoms with Gasteiger partial charge in [0.05, 0.1) is 5.69 Å². The maximum Gasteiger partial charge on any atom is 0.250 e. The summed E-state index contributed by atoms with van der Waals surface area (Å²) in [5.74, 6) is 0.964. The van der Waals surface area contributed by atoms with Crippen molar-refractivity contribution >= 4 is 51.7 Å². The molecule has 0 radical (unpaired) electrons. The summed E-state index contributed by atoms with van der Waals surface area (Å²) in [5, 5.41) is 6.51. The number of furan rings is 1. The average molecular weight is 455 g/mol. The van der Waals surface area contributed by atoms with Crippen LogP contribution in [0.1, 0.15) is 11.3 Å². The van der Waals surface area contributed by atoms with E-state index >= 15 is 0 Å². The Hall–Kier alpha value is -2.86. The van der Waals surface area contributed by atoms with Crippen molar-refractivity contribution in [3.8, 4) is 22.6 Å². The van der Waals surface area contributed by atoms with Gasteiger partial charge in [0.25, 0.3) is 0 Å². The van der Waals surface area contributed by atoms with Crippen molar-refractivity contribution < 1.29 is 9.21 Å². The van der Waals surface area contributed by atoms with Crippen molar-refractivity contribution in [1.82, 2.24) is 4.98 Å². The molecule has 1 N–H and O–H groups in total. The van der Waals surface area contributed by atoms with Crippen LogP contribution in [0, 0.1) is 6.92 Å². The van der Waals surface area contributed by atoms with E-state index in [4.69, 9.17) is 27.6 Å². The van der Waals surface area contributed by atoms with Gasteiger partial charge in [0.1, 0.15) is 11.5 Å². The summed E-state index contributed by atoms with van der Waals surface area (Å²) in [6, 6.07) is 16.8. The molecular weight excluding hydrogens is 439 g/mol. The number of anilines is 1. The van der Waals surface area contributed by atoms with Crippen molar-refractivity contribution in [2.45, 2.75) is 6.92 Å². The average Bonchev–Trinajstić information content (AvgIpc) is 3.39. The second-order valence-corrected chi connectivity index (χ2v) is 8.24. The third-order valence-electron chi connectivity index (χ3n) is 4.36. The lowest BCUT2D eigenvalue weighted by atomic mass is 10.1. The first-order valence-electron chi connectivity index (χ1n) is 9.05. The number of nitrogens with zero attached hydrogens (tertiary/aromatic N) is 1. The minimum atomic E-state index is -0.289. The summed E-state index contributed by atoms with van der Waals surface area (Å²) in [7, 11) is 0. The third-order valence-corrected chi connectivity index (χ3v) is 5.77. The maximum atomic E-state index is 12.2. The van der Waals surface area contributed by atoms with E-state index in [-0.39, 0.29) is 5.91 Å². The molecule has 0 aliphatic heterocycles. The molecule has 2 aromatic heterocycles. The Labute approximate surface area is 187 Å². The first kappa shape index (κ1) is 20.4. The van der Waals surface area contributed by atoms with Crippen molar-refractivity contribution in [3.05, 3.63) is 87.4 Å². The predicted molar refractivity (Wildman–Crippen MR) is 124 cm³/mol. The molecule has 4 nitrogen and oxygen atoms in total. The van der Waals surface area contributed by atoms with Crippen molar-refractivity contribution in [3.63, 3.8) is 0 Å². The molecule has 0 spiro atoms. The predicted octanol–water partition coefficient (Wildman–Crippen LogP) is 7.34. The van der Waals surface area contributed by atoms with E-state index in [1.807, 2.05) is 48.7 Å². The monoisotopic (exact) mass is 454 g/mol. The summed E-state index contributed by atoms with van der Waals surface area (Å²) >= 11 is 13.4. The number of thiazole rings is 1. The van der Waals surface area contributed by atoms with Gasteiger partial charge in [-0.3, -0.25) is 10.1 Å². The summed E-state index contributed by atoms with van der Waals surface area (Å²) in [4.78, 5) is 16.7. The van der Waals surface area contributed by atoms with E-state index in [1.165, 1.54) is 17.4 Å². The molecule has 0 bridgehead atoms. The molecule has 1 amide bonds. The molecule has 0 fully saturated rings. The number of hydrogen-bond acceptors (Lipinski definition) is 4. The zero-order valence-electron chi connectivity index (χ0n) is 15.9. The Bertz CT molecular complexity index is 1230. The topological polar surface area (TPSA) is 55.1 Å². The number of halogens is 2. The normalized spacial score (nSPS) is 11.2. The molecule has 7 heteroatoms. The third kappa shape index (κ3) is 4.82. The van der Waals surface area contributed by atoms with Gasteiger partial charge in [0.2, 0.25) is 5.91 Å². The molecule has 0 saturated heterocycles. The van der Waals surface area contributed by atoms with Crippen LogP contribution in [0.4, 0.5) is 5.13 Å². The molecule has 4 rings (SSSR count). The lowest BCUT2D eigenvalue weighted by Gasteiger charge is -2.00. The molecule has 150 valence electrons. The Kier molecular flexibility index (Phi) is 6.04. The van der Waals surface area contributed by atoms with Gasteiger partial charge < -0.3 is 4.42 Å². The minimum absolute atomic E-state index is 0.289. The minimum Gasteiger partial charge on any atom is -0.457 e. The van der Waals surface area contributed by atoms with E-state index in [9.17, 15) is 4.79 Å². The van der Waals surface area contributed by atoms with Crippen LogP contribution in [0.5, 0.6) is 0 Å². The Morgan fingerprint density at radius 2 is 1.83 bits per heavy atom. The SMILES string of the molecule is Cc1ccc(-c2ccc(/C=C/C(=O)Nc3nc(-c4ccc(Cl)cc4)cs3)o2)cc1Cl. The van der Waals surface area contributed by atoms with Crippen LogP contribution in [0.15, 0.2) is 70.5 Å². The van der Waals surface area contributed by atoms with Crippen LogP contribution in [0.3, 0.4) is 0 Å². The lowest BCUT2D eigenvalue weighted by Crippen LogP contribution is -2.07. The first-order chi connectivity index (χ1) is 14.5. The Morgan fingerprint density at radius 1 is 1.07 bits per heavy atom. The van der Waals surface area contributed by atoms with Gasteiger partial charge in [-0.15, -0.1) is 11.3 Å². The summed E-state index contributed by atoms with van der Waals surface area (Å²) in [6.07, 6.45) is 3.02. The number of aromatic nitrogens is 1. The first-order valence-corrected chi connectivity index (χ1v) is 10.7. The smallest absolute Gasteiger partial charge is 0.250 e. The standard InChI is InChI=1S/C23H16Cl2N2O2S/c1-14-2-3-16(12-19(14)25)21-10-8-18(29-21)9-11-22(28)27-23-26-20(13-30-23)15-4-6-17(24)7-5-15/h2-13H,1H3,(H,26,27,28)/b11-9+. The van der Waals surface area contributed by atoms with Gasteiger partial charge in [-0.05, 0) is 48.9 Å². The van der Waals surface area contributed by atoms with Crippen LogP contribution in [0.25, 0.3) is 28.7 Å². The second kappa shape index (κ2) is 8.88. The molecular formula is C23H16Cl2N2O2S. The number of carbonyl (C=O) groups is 1. The highest BCUT2D eigenvalue weighted by atomic mass is 35.5. The highest BCUT2D eigenvalue weighted by Gasteiger charge is 2.08. The van der Waals surface area contributed by atoms with E-state index < -0.39 is 0 Å². The van der Waals surface area contributed by atoms with Gasteiger partial charge >= 0.3 is 0 Å². The fourth-order valence-corrected chi connectivity index (χ4v) is 3.76. The van der Waals surface area contributed by atoms with E-state index in [1.54, 1.807) is 24.3 Å². The van der Waals surface area contributed by atoms with E-state index in [2.05, 4.69) is 10.3 Å². The van der Waals surface area contributed by atoms with Gasteiger partial charge in [0.15, 0.2) is 5.13 Å². The van der Waals surface area contributed by atoms with Crippen LogP contribution >= 0.6 is 34.5 Å². The number of carbonyl (C=O) groups excluding carboxylic acids is 1. The van der Waals surface area contributed by atoms with Crippen molar-refractivity contribution in [1.29, 1.82) is 0 Å². The fraction of sp³-hybridized carbons (Fsp3) is 0.0435. The number of aryl methyl sites for hydroxylation is 1. The van der Waals surface area contributed by atoms with E-state index in [0.717, 1.165) is 22.4 Å². The Morgan fingerprint density at radius 3 is 2.60 bits per heavy atom. The highest BCUT2D eigenvalue weighted by molar-refractivity contribution is 7.14. The van der Waals surface area contributed by atoms with Crippen LogP contribution in [-0.2, 0) is 4.79 Å². The van der Waals surface area contributed by atoms with E-state index in [0.29, 0.717) is 26.7 Å². The number of rotatable bonds is 5. The van der Waals surface area contributed by atoms with Gasteiger partial charge in [-0.2, -0.15) is 0 Å². The Balaban J connectivity index is 1.40. The number of hydrogen-bond donors (Lipinski definition) is 1. The molecule has 0 saturated carbocycles. The second-order valence-electron chi connectivity index (χ2n) is 6.53. The van der Waals surface area contributed by atoms with Gasteiger partial charge in [-0.25, -0.2) is 4.98 Å². The number of benzene rings is 2. The molecule has 2 aromatic carbocycles. The molecule has 0 atom stereocenters. The summed E-state index contributed by atoms with van der Waals surface area (Å²) in [6.45, 7) is 1.95. The molecule has 0 aliphatic carbocycles. The molecule has 30 heavy (non-hydrogen) atoms. The van der Waals surface area contributed by atoms with Crippen LogP contribution in [-0.4, -0.2) is 10.9 Å². The quantitative estimate of drug-likeness (QED) is 0.321. The van der Waals surface area contributed by atoms with Crippen molar-refractivity contribution in [2.75, 3.05) is 5.32 Å².